The summed E-state index contributed by atoms with van der Waals surface area (Å²) in [6.07, 6.45) is 11.4. The van der Waals surface area contributed by atoms with E-state index in [4.69, 9.17) is 14.5 Å². The summed E-state index contributed by atoms with van der Waals surface area (Å²) in [4.78, 5) is 4.82. The number of pyridine rings is 1. The fourth-order valence-corrected chi connectivity index (χ4v) is 5.93. The summed E-state index contributed by atoms with van der Waals surface area (Å²) >= 11 is 0. The van der Waals surface area contributed by atoms with Crippen molar-refractivity contribution in [3.8, 4) is 0 Å². The van der Waals surface area contributed by atoms with Crippen molar-refractivity contribution in [1.82, 2.24) is 4.98 Å². The van der Waals surface area contributed by atoms with Crippen LogP contribution in [0.3, 0.4) is 0 Å². The molecule has 5 rings (SSSR count). The first-order chi connectivity index (χ1) is 13.8. The van der Waals surface area contributed by atoms with Crippen LogP contribution in [0.25, 0.3) is 0 Å². The first kappa shape index (κ1) is 18.3. The van der Waals surface area contributed by atoms with Gasteiger partial charge >= 0.3 is 0 Å². The molecule has 1 aromatic heterocycles. The van der Waals surface area contributed by atoms with E-state index in [0.717, 1.165) is 45.0 Å². The van der Waals surface area contributed by atoms with Crippen LogP contribution < -0.4 is 0 Å². The fraction of sp³-hybridized carbons (Fsp3) is 0.560. The predicted octanol–water partition coefficient (Wildman–Crippen LogP) is 5.19. The Morgan fingerprint density at radius 1 is 1.04 bits per heavy atom. The standard InChI is InChI=1S/C25H31NO2/c1-2-8-22-20(6-1)10-11-21(22)7-5-12-24(23-9-3-4-15-26-23)13-17-28-25(18-24)14-16-27-19-25/h1-4,6,8-9,15,21H,5,7,10-14,16-19H2/t21-,24+,25+/m0/s1. The predicted molar refractivity (Wildman–Crippen MR) is 111 cm³/mol. The number of benzene rings is 1. The molecule has 0 radical (unpaired) electrons. The molecule has 148 valence electrons. The average Bonchev–Trinajstić information content (AvgIpc) is 3.36. The topological polar surface area (TPSA) is 31.4 Å². The molecule has 2 aromatic rings. The van der Waals surface area contributed by atoms with Crippen molar-refractivity contribution < 1.29 is 9.47 Å². The third-order valence-electron chi connectivity index (χ3n) is 7.39. The molecule has 0 N–H and O–H groups in total. The third-order valence-corrected chi connectivity index (χ3v) is 7.39. The number of aromatic nitrogens is 1. The summed E-state index contributed by atoms with van der Waals surface area (Å²) in [5.41, 5.74) is 4.47. The minimum Gasteiger partial charge on any atom is -0.378 e. The number of fused-ring (bicyclic) bond motifs is 1. The Bertz CT molecular complexity index is 799. The van der Waals surface area contributed by atoms with E-state index in [-0.39, 0.29) is 11.0 Å². The summed E-state index contributed by atoms with van der Waals surface area (Å²) < 4.78 is 12.0. The molecule has 1 spiro atoms. The van der Waals surface area contributed by atoms with Gasteiger partial charge in [0.25, 0.3) is 0 Å². The van der Waals surface area contributed by atoms with Crippen molar-refractivity contribution >= 4 is 0 Å². The molecular weight excluding hydrogens is 346 g/mol. The molecule has 2 fully saturated rings. The SMILES string of the molecule is c1ccc([C@]2(CCC[C@H]3CCc4ccccc43)CCO[C@]3(CCOC3)C2)nc1. The van der Waals surface area contributed by atoms with E-state index < -0.39 is 0 Å². The first-order valence-corrected chi connectivity index (χ1v) is 11.0. The van der Waals surface area contributed by atoms with Crippen molar-refractivity contribution in [2.24, 2.45) is 0 Å². The lowest BCUT2D eigenvalue weighted by molar-refractivity contribution is -0.109. The average molecular weight is 378 g/mol. The van der Waals surface area contributed by atoms with Gasteiger partial charge in [-0.05, 0) is 67.7 Å². The zero-order valence-electron chi connectivity index (χ0n) is 16.7. The van der Waals surface area contributed by atoms with Gasteiger partial charge in [-0.3, -0.25) is 4.98 Å². The number of aryl methyl sites for hydroxylation is 1. The van der Waals surface area contributed by atoms with Crippen LogP contribution in [-0.4, -0.2) is 30.4 Å². The van der Waals surface area contributed by atoms with E-state index in [1.54, 1.807) is 11.1 Å². The zero-order valence-corrected chi connectivity index (χ0v) is 16.7. The largest absolute Gasteiger partial charge is 0.378 e. The fourth-order valence-electron chi connectivity index (χ4n) is 5.93. The Labute approximate surface area is 168 Å². The zero-order chi connectivity index (χ0) is 18.9. The Morgan fingerprint density at radius 3 is 2.82 bits per heavy atom. The first-order valence-electron chi connectivity index (χ1n) is 11.0. The molecule has 3 nitrogen and oxygen atoms in total. The van der Waals surface area contributed by atoms with Gasteiger partial charge in [-0.25, -0.2) is 0 Å². The highest BCUT2D eigenvalue weighted by Gasteiger charge is 2.49. The van der Waals surface area contributed by atoms with E-state index >= 15 is 0 Å². The number of hydrogen-bond acceptors (Lipinski definition) is 3. The van der Waals surface area contributed by atoms with Crippen LogP contribution >= 0.6 is 0 Å². The van der Waals surface area contributed by atoms with Crippen LogP contribution in [0.4, 0.5) is 0 Å². The second kappa shape index (κ2) is 7.61. The van der Waals surface area contributed by atoms with Gasteiger partial charge in [-0.1, -0.05) is 36.8 Å². The molecule has 3 heteroatoms. The van der Waals surface area contributed by atoms with Crippen LogP contribution in [0.5, 0.6) is 0 Å². The van der Waals surface area contributed by atoms with E-state index in [9.17, 15) is 0 Å². The van der Waals surface area contributed by atoms with Gasteiger partial charge in [0.1, 0.15) is 0 Å². The second-order valence-corrected chi connectivity index (χ2v) is 9.08. The molecule has 3 heterocycles. The van der Waals surface area contributed by atoms with Gasteiger partial charge in [0, 0.05) is 36.9 Å². The molecular formula is C25H31NO2. The smallest absolute Gasteiger partial charge is 0.0945 e. The lowest BCUT2D eigenvalue weighted by Crippen LogP contribution is -2.48. The highest BCUT2D eigenvalue weighted by atomic mass is 16.6. The highest BCUT2D eigenvalue weighted by Crippen LogP contribution is 2.48. The molecule has 0 unspecified atom stereocenters. The molecule has 2 saturated heterocycles. The molecule has 1 aliphatic carbocycles. The Kier molecular flexibility index (Phi) is 4.98. The summed E-state index contributed by atoms with van der Waals surface area (Å²) in [5.74, 6) is 0.737. The number of nitrogens with zero attached hydrogens (tertiary/aromatic N) is 1. The molecule has 0 saturated carbocycles. The van der Waals surface area contributed by atoms with Crippen LogP contribution in [0.1, 0.15) is 67.7 Å². The number of hydrogen-bond donors (Lipinski definition) is 0. The van der Waals surface area contributed by atoms with E-state index in [1.165, 1.54) is 37.8 Å². The Hall–Kier alpha value is -1.71. The minimum absolute atomic E-state index is 0.0876. The van der Waals surface area contributed by atoms with E-state index in [2.05, 4.69) is 36.4 Å². The maximum atomic E-state index is 6.28. The van der Waals surface area contributed by atoms with Gasteiger partial charge < -0.3 is 9.47 Å². The van der Waals surface area contributed by atoms with Gasteiger partial charge in [-0.2, -0.15) is 0 Å². The molecule has 2 aliphatic heterocycles. The third kappa shape index (κ3) is 3.40. The molecule has 28 heavy (non-hydrogen) atoms. The summed E-state index contributed by atoms with van der Waals surface area (Å²) in [5, 5.41) is 0. The highest BCUT2D eigenvalue weighted by molar-refractivity contribution is 5.34. The Morgan fingerprint density at radius 2 is 1.96 bits per heavy atom. The monoisotopic (exact) mass is 377 g/mol. The molecule has 3 aliphatic rings. The summed E-state index contributed by atoms with van der Waals surface area (Å²) in [7, 11) is 0. The quantitative estimate of drug-likeness (QED) is 0.719. The van der Waals surface area contributed by atoms with Gasteiger partial charge in [0.05, 0.1) is 12.2 Å². The summed E-state index contributed by atoms with van der Waals surface area (Å²) in [6.45, 7) is 2.40. The van der Waals surface area contributed by atoms with E-state index in [1.807, 2.05) is 12.3 Å². The maximum Gasteiger partial charge on any atom is 0.0945 e. The van der Waals surface area contributed by atoms with E-state index in [0.29, 0.717) is 0 Å². The van der Waals surface area contributed by atoms with Crippen LogP contribution in [0.2, 0.25) is 0 Å². The minimum atomic E-state index is -0.0876. The van der Waals surface area contributed by atoms with Crippen LogP contribution in [0.15, 0.2) is 48.7 Å². The second-order valence-electron chi connectivity index (χ2n) is 9.08. The Balaban J connectivity index is 1.33. The van der Waals surface area contributed by atoms with Gasteiger partial charge in [0.2, 0.25) is 0 Å². The van der Waals surface area contributed by atoms with Crippen LogP contribution in [0, 0.1) is 0 Å². The van der Waals surface area contributed by atoms with Crippen molar-refractivity contribution in [3.63, 3.8) is 0 Å². The van der Waals surface area contributed by atoms with Gasteiger partial charge in [0.15, 0.2) is 0 Å². The molecule has 0 amide bonds. The molecule has 0 bridgehead atoms. The number of rotatable bonds is 5. The lowest BCUT2D eigenvalue weighted by atomic mass is 9.67. The van der Waals surface area contributed by atoms with Crippen molar-refractivity contribution in [3.05, 3.63) is 65.5 Å². The van der Waals surface area contributed by atoms with Gasteiger partial charge in [-0.15, -0.1) is 0 Å². The lowest BCUT2D eigenvalue weighted by Gasteiger charge is -2.45. The maximum absolute atomic E-state index is 6.28. The van der Waals surface area contributed by atoms with Crippen molar-refractivity contribution in [2.75, 3.05) is 19.8 Å². The summed E-state index contributed by atoms with van der Waals surface area (Å²) in [6, 6.07) is 15.5. The number of ether oxygens (including phenoxy) is 2. The molecule has 1 aromatic carbocycles. The molecule has 3 atom stereocenters. The van der Waals surface area contributed by atoms with Crippen molar-refractivity contribution in [2.45, 2.75) is 68.3 Å². The normalized spacial score (nSPS) is 31.9. The van der Waals surface area contributed by atoms with Crippen molar-refractivity contribution in [1.29, 1.82) is 0 Å². The van der Waals surface area contributed by atoms with Crippen LogP contribution in [-0.2, 0) is 21.3 Å².